The minimum absolute atomic E-state index is 0.0508. The molecule has 4 nitrogen and oxygen atoms in total. The average molecular weight is 252 g/mol. The molecule has 0 saturated heterocycles. The topological polar surface area (TPSA) is 57.5 Å². The number of likely N-dealkylation sites (N-methyl/N-ethyl adjacent to an activating group) is 1. The van der Waals surface area contributed by atoms with E-state index in [9.17, 15) is 9.90 Å². The second-order valence-electron chi connectivity index (χ2n) is 5.16. The van der Waals surface area contributed by atoms with Gasteiger partial charge in [-0.1, -0.05) is 19.4 Å². The van der Waals surface area contributed by atoms with Crippen molar-refractivity contribution in [2.45, 2.75) is 26.2 Å². The minimum atomic E-state index is -0.877. The fraction of sp³-hybridized carbons (Fsp3) is 0.500. The van der Waals surface area contributed by atoms with Crippen LogP contribution in [0, 0.1) is 0 Å². The fourth-order valence-corrected chi connectivity index (χ4v) is 2.01. The van der Waals surface area contributed by atoms with E-state index in [2.05, 4.69) is 6.92 Å². The molecule has 0 fully saturated rings. The van der Waals surface area contributed by atoms with Crippen molar-refractivity contribution < 1.29 is 15.0 Å². The van der Waals surface area contributed by atoms with Crippen LogP contribution in [0.15, 0.2) is 18.2 Å². The number of carboxylic acids is 1. The summed E-state index contributed by atoms with van der Waals surface area (Å²) in [6, 6.07) is 5.46. The molecular formula is C14H22NO3+. The van der Waals surface area contributed by atoms with Gasteiger partial charge in [0.05, 0.1) is 14.1 Å². The Morgan fingerprint density at radius 1 is 1.33 bits per heavy atom. The fourth-order valence-electron chi connectivity index (χ4n) is 2.01. The number of unbranched alkanes of at least 4 members (excludes halogenated alkanes) is 1. The molecule has 0 saturated carbocycles. The summed E-state index contributed by atoms with van der Waals surface area (Å²) in [7, 11) is 3.57. The van der Waals surface area contributed by atoms with Crippen LogP contribution in [-0.2, 0) is 11.2 Å². The summed E-state index contributed by atoms with van der Waals surface area (Å²) in [5, 5.41) is 18.8. The van der Waals surface area contributed by atoms with Crippen molar-refractivity contribution in [2.24, 2.45) is 0 Å². The molecule has 0 aromatic heterocycles. The SMILES string of the molecule is CCCCc1ccc(O)c([N+](C)(C)CC(=O)O)c1. The van der Waals surface area contributed by atoms with Gasteiger partial charge in [-0.05, 0) is 24.5 Å². The van der Waals surface area contributed by atoms with Gasteiger partial charge in [-0.2, -0.15) is 0 Å². The molecule has 0 radical (unpaired) electrons. The normalized spacial score (nSPS) is 11.5. The summed E-state index contributed by atoms with van der Waals surface area (Å²) in [6.45, 7) is 2.08. The van der Waals surface area contributed by atoms with Crippen LogP contribution in [0.1, 0.15) is 25.3 Å². The highest BCUT2D eigenvalue weighted by molar-refractivity contribution is 5.73. The third kappa shape index (κ3) is 3.74. The molecule has 18 heavy (non-hydrogen) atoms. The Labute approximate surface area is 108 Å². The number of carbonyl (C=O) groups is 1. The molecule has 0 amide bonds. The summed E-state index contributed by atoms with van der Waals surface area (Å²) in [5.74, 6) is -0.722. The molecule has 0 spiro atoms. The molecule has 0 aliphatic rings. The highest BCUT2D eigenvalue weighted by atomic mass is 16.4. The molecular weight excluding hydrogens is 230 g/mol. The second-order valence-corrected chi connectivity index (χ2v) is 5.16. The van der Waals surface area contributed by atoms with Gasteiger partial charge >= 0.3 is 5.97 Å². The van der Waals surface area contributed by atoms with Crippen molar-refractivity contribution in [1.82, 2.24) is 4.48 Å². The quantitative estimate of drug-likeness (QED) is 0.764. The number of aromatic hydroxyl groups is 1. The van der Waals surface area contributed by atoms with Crippen LogP contribution in [0.3, 0.4) is 0 Å². The first kappa shape index (κ1) is 14.5. The van der Waals surface area contributed by atoms with Crippen molar-refractivity contribution in [3.8, 4) is 5.75 Å². The number of quaternary nitrogens is 1. The highest BCUT2D eigenvalue weighted by Gasteiger charge is 2.26. The maximum Gasteiger partial charge on any atom is 0.359 e. The van der Waals surface area contributed by atoms with E-state index >= 15 is 0 Å². The lowest BCUT2D eigenvalue weighted by Crippen LogP contribution is -2.44. The highest BCUT2D eigenvalue weighted by Crippen LogP contribution is 2.31. The monoisotopic (exact) mass is 252 g/mol. The summed E-state index contributed by atoms with van der Waals surface area (Å²) in [6.07, 6.45) is 3.16. The molecule has 0 aliphatic carbocycles. The molecule has 0 heterocycles. The Kier molecular flexibility index (Phi) is 4.73. The number of nitrogens with zero attached hydrogens (tertiary/aromatic N) is 1. The molecule has 1 aromatic carbocycles. The van der Waals surface area contributed by atoms with E-state index in [0.29, 0.717) is 5.69 Å². The van der Waals surface area contributed by atoms with Gasteiger partial charge in [-0.25, -0.2) is 4.79 Å². The molecule has 1 rings (SSSR count). The zero-order valence-electron chi connectivity index (χ0n) is 11.3. The standard InChI is InChI=1S/C14H21NO3/c1-4-5-6-11-7-8-13(16)12(9-11)15(2,3)10-14(17)18/h7-9H,4-6,10H2,1-3H3,(H-,16,17,18)/p+1. The van der Waals surface area contributed by atoms with Gasteiger partial charge in [0.25, 0.3) is 0 Å². The lowest BCUT2D eigenvalue weighted by Gasteiger charge is -2.28. The largest absolute Gasteiger partial charge is 0.503 e. The molecule has 1 aromatic rings. The maximum absolute atomic E-state index is 10.9. The van der Waals surface area contributed by atoms with Crippen molar-refractivity contribution in [3.63, 3.8) is 0 Å². The van der Waals surface area contributed by atoms with Gasteiger partial charge in [0.1, 0.15) is 0 Å². The van der Waals surface area contributed by atoms with Crippen molar-refractivity contribution >= 4 is 11.7 Å². The van der Waals surface area contributed by atoms with Gasteiger partial charge < -0.3 is 10.2 Å². The zero-order chi connectivity index (χ0) is 13.8. The molecule has 0 unspecified atom stereocenters. The van der Waals surface area contributed by atoms with E-state index in [1.165, 1.54) is 0 Å². The first-order chi connectivity index (χ1) is 8.36. The van der Waals surface area contributed by atoms with E-state index in [4.69, 9.17) is 5.11 Å². The Balaban J connectivity index is 3.02. The molecule has 4 heteroatoms. The van der Waals surface area contributed by atoms with Crippen molar-refractivity contribution in [1.29, 1.82) is 0 Å². The van der Waals surface area contributed by atoms with Gasteiger partial charge in [0.15, 0.2) is 18.0 Å². The van der Waals surface area contributed by atoms with Gasteiger partial charge in [0.2, 0.25) is 0 Å². The van der Waals surface area contributed by atoms with Crippen LogP contribution in [0.5, 0.6) is 5.75 Å². The minimum Gasteiger partial charge on any atom is -0.503 e. The summed E-state index contributed by atoms with van der Waals surface area (Å²) < 4.78 is 0.140. The Morgan fingerprint density at radius 3 is 2.56 bits per heavy atom. The molecule has 0 atom stereocenters. The van der Waals surface area contributed by atoms with Gasteiger partial charge in [0, 0.05) is 6.07 Å². The number of phenolic OH excluding ortho intramolecular Hbond substituents is 1. The third-order valence-corrected chi connectivity index (χ3v) is 3.04. The average Bonchev–Trinajstić information content (AvgIpc) is 2.26. The smallest absolute Gasteiger partial charge is 0.359 e. The van der Waals surface area contributed by atoms with Crippen LogP contribution >= 0.6 is 0 Å². The number of carboxylic acid groups (broad SMARTS) is 1. The Morgan fingerprint density at radius 2 is 2.00 bits per heavy atom. The number of rotatable bonds is 6. The first-order valence-corrected chi connectivity index (χ1v) is 6.24. The van der Waals surface area contributed by atoms with E-state index in [-0.39, 0.29) is 16.8 Å². The van der Waals surface area contributed by atoms with Crippen LogP contribution in [0.25, 0.3) is 0 Å². The summed E-state index contributed by atoms with van der Waals surface area (Å²) in [4.78, 5) is 10.9. The van der Waals surface area contributed by atoms with Gasteiger partial charge in [-0.15, -0.1) is 0 Å². The number of phenols is 1. The third-order valence-electron chi connectivity index (χ3n) is 3.04. The van der Waals surface area contributed by atoms with Crippen LogP contribution < -0.4 is 4.48 Å². The number of hydrogen-bond acceptors (Lipinski definition) is 2. The number of hydrogen-bond donors (Lipinski definition) is 2. The number of benzene rings is 1. The first-order valence-electron chi connectivity index (χ1n) is 6.24. The van der Waals surface area contributed by atoms with E-state index in [1.807, 2.05) is 12.1 Å². The van der Waals surface area contributed by atoms with E-state index in [0.717, 1.165) is 24.8 Å². The lowest BCUT2D eigenvalue weighted by molar-refractivity contribution is -0.137. The zero-order valence-corrected chi connectivity index (χ0v) is 11.3. The lowest BCUT2D eigenvalue weighted by atomic mass is 10.1. The van der Waals surface area contributed by atoms with E-state index < -0.39 is 5.97 Å². The maximum atomic E-state index is 10.9. The Hall–Kier alpha value is -1.55. The summed E-state index contributed by atoms with van der Waals surface area (Å²) >= 11 is 0. The van der Waals surface area contributed by atoms with Crippen molar-refractivity contribution in [2.75, 3.05) is 20.6 Å². The van der Waals surface area contributed by atoms with Crippen LogP contribution in [0.2, 0.25) is 0 Å². The molecule has 0 bridgehead atoms. The number of aryl methyl sites for hydroxylation is 1. The number of aliphatic carboxylic acids is 1. The molecule has 100 valence electrons. The predicted octanol–water partition coefficient (Wildman–Crippen LogP) is 2.39. The molecule has 0 aliphatic heterocycles. The summed E-state index contributed by atoms with van der Waals surface area (Å²) in [5.41, 5.74) is 1.80. The van der Waals surface area contributed by atoms with Gasteiger partial charge in [-0.3, -0.25) is 4.48 Å². The van der Waals surface area contributed by atoms with Crippen LogP contribution in [-0.4, -0.2) is 36.8 Å². The predicted molar refractivity (Wildman–Crippen MR) is 72.9 cm³/mol. The second kappa shape index (κ2) is 5.87. The van der Waals surface area contributed by atoms with E-state index in [1.54, 1.807) is 20.2 Å². The Bertz CT molecular complexity index is 427. The molecule has 2 N–H and O–H groups in total. The van der Waals surface area contributed by atoms with Crippen LogP contribution in [0.4, 0.5) is 5.69 Å². The van der Waals surface area contributed by atoms with Crippen molar-refractivity contribution in [3.05, 3.63) is 23.8 Å².